The van der Waals surface area contributed by atoms with Crippen LogP contribution in [0.5, 0.6) is 0 Å². The van der Waals surface area contributed by atoms with Crippen molar-refractivity contribution in [1.29, 1.82) is 0 Å². The minimum absolute atomic E-state index is 0.369. The standard InChI is InChI=1S/C13H17F3/c1-4-11-6-5-10(7-9(2)3)8-12(11)13(14,15)16/h5-6,8-9H,4,7H2,1-3H3. The Balaban J connectivity index is 3.12. The van der Waals surface area contributed by atoms with Crippen LogP contribution in [0.2, 0.25) is 0 Å². The second kappa shape index (κ2) is 4.89. The lowest BCUT2D eigenvalue weighted by atomic mass is 9.96. The topological polar surface area (TPSA) is 0 Å². The van der Waals surface area contributed by atoms with Gasteiger partial charge in [0, 0.05) is 0 Å². The average Bonchev–Trinajstić information content (AvgIpc) is 2.15. The molecule has 0 saturated carbocycles. The predicted molar refractivity (Wildman–Crippen MR) is 59.4 cm³/mol. The summed E-state index contributed by atoms with van der Waals surface area (Å²) in [7, 11) is 0. The first kappa shape index (κ1) is 13.1. The molecule has 0 nitrogen and oxygen atoms in total. The normalized spacial score (nSPS) is 12.2. The van der Waals surface area contributed by atoms with E-state index in [0.29, 0.717) is 24.3 Å². The van der Waals surface area contributed by atoms with Crippen molar-refractivity contribution in [2.24, 2.45) is 5.92 Å². The Morgan fingerprint density at radius 2 is 1.81 bits per heavy atom. The third kappa shape index (κ3) is 3.26. The van der Waals surface area contributed by atoms with Gasteiger partial charge in [0.2, 0.25) is 0 Å². The first-order valence-corrected chi connectivity index (χ1v) is 5.53. The van der Waals surface area contributed by atoms with Crippen LogP contribution < -0.4 is 0 Å². The van der Waals surface area contributed by atoms with Gasteiger partial charge in [-0.05, 0) is 36.0 Å². The van der Waals surface area contributed by atoms with Crippen LogP contribution in [0.1, 0.15) is 37.5 Å². The molecule has 0 atom stereocenters. The van der Waals surface area contributed by atoms with Crippen LogP contribution in [-0.4, -0.2) is 0 Å². The van der Waals surface area contributed by atoms with Crippen molar-refractivity contribution < 1.29 is 13.2 Å². The molecule has 0 heterocycles. The molecule has 1 aromatic rings. The molecule has 0 saturated heterocycles. The van der Waals surface area contributed by atoms with Gasteiger partial charge in [-0.3, -0.25) is 0 Å². The third-order valence-electron chi connectivity index (χ3n) is 2.50. The highest BCUT2D eigenvalue weighted by atomic mass is 19.4. The van der Waals surface area contributed by atoms with Crippen molar-refractivity contribution in [1.82, 2.24) is 0 Å². The smallest absolute Gasteiger partial charge is 0.166 e. The van der Waals surface area contributed by atoms with E-state index in [1.807, 2.05) is 13.8 Å². The van der Waals surface area contributed by atoms with Crippen LogP contribution in [0.25, 0.3) is 0 Å². The van der Waals surface area contributed by atoms with Gasteiger partial charge in [-0.1, -0.05) is 32.9 Å². The second-order valence-corrected chi connectivity index (χ2v) is 4.44. The lowest BCUT2D eigenvalue weighted by molar-refractivity contribution is -0.138. The van der Waals surface area contributed by atoms with E-state index in [4.69, 9.17) is 0 Å². The number of aryl methyl sites for hydroxylation is 1. The minimum Gasteiger partial charge on any atom is -0.166 e. The second-order valence-electron chi connectivity index (χ2n) is 4.44. The number of halogens is 3. The highest BCUT2D eigenvalue weighted by Gasteiger charge is 2.32. The van der Waals surface area contributed by atoms with E-state index in [9.17, 15) is 13.2 Å². The number of alkyl halides is 3. The molecule has 0 aliphatic heterocycles. The maximum Gasteiger partial charge on any atom is 0.416 e. The molecule has 0 aliphatic rings. The summed E-state index contributed by atoms with van der Waals surface area (Å²) in [5.74, 6) is 0.369. The van der Waals surface area contributed by atoms with E-state index < -0.39 is 11.7 Å². The summed E-state index contributed by atoms with van der Waals surface area (Å²) in [4.78, 5) is 0. The van der Waals surface area contributed by atoms with E-state index in [1.54, 1.807) is 19.1 Å². The fraction of sp³-hybridized carbons (Fsp3) is 0.538. The molecule has 0 unspecified atom stereocenters. The molecular formula is C13H17F3. The average molecular weight is 230 g/mol. The van der Waals surface area contributed by atoms with Crippen LogP contribution >= 0.6 is 0 Å². The minimum atomic E-state index is -4.24. The zero-order valence-corrected chi connectivity index (χ0v) is 9.86. The van der Waals surface area contributed by atoms with Crippen molar-refractivity contribution >= 4 is 0 Å². The molecule has 1 aromatic carbocycles. The van der Waals surface area contributed by atoms with E-state index in [2.05, 4.69) is 0 Å². The van der Waals surface area contributed by atoms with Crippen molar-refractivity contribution in [2.75, 3.05) is 0 Å². The van der Waals surface area contributed by atoms with Gasteiger partial charge in [-0.25, -0.2) is 0 Å². The summed E-state index contributed by atoms with van der Waals surface area (Å²) in [6.45, 7) is 5.74. The highest BCUT2D eigenvalue weighted by Crippen LogP contribution is 2.33. The van der Waals surface area contributed by atoms with Gasteiger partial charge in [0.15, 0.2) is 0 Å². The van der Waals surface area contributed by atoms with E-state index in [-0.39, 0.29) is 0 Å². The van der Waals surface area contributed by atoms with Crippen LogP contribution in [-0.2, 0) is 19.0 Å². The van der Waals surface area contributed by atoms with E-state index >= 15 is 0 Å². The molecule has 3 heteroatoms. The quantitative estimate of drug-likeness (QED) is 0.718. The Kier molecular flexibility index (Phi) is 4.00. The van der Waals surface area contributed by atoms with Gasteiger partial charge in [-0.15, -0.1) is 0 Å². The molecule has 0 radical (unpaired) electrons. The zero-order chi connectivity index (χ0) is 12.3. The largest absolute Gasteiger partial charge is 0.416 e. The van der Waals surface area contributed by atoms with Crippen LogP contribution in [0.4, 0.5) is 13.2 Å². The number of benzene rings is 1. The van der Waals surface area contributed by atoms with Crippen LogP contribution in [0, 0.1) is 5.92 Å². The summed E-state index contributed by atoms with van der Waals surface area (Å²) in [5.41, 5.74) is 0.660. The lowest BCUT2D eigenvalue weighted by Gasteiger charge is -2.14. The monoisotopic (exact) mass is 230 g/mol. The Hall–Kier alpha value is -0.990. The summed E-state index contributed by atoms with van der Waals surface area (Å²) in [6, 6.07) is 4.69. The fourth-order valence-corrected chi connectivity index (χ4v) is 1.79. The third-order valence-corrected chi connectivity index (χ3v) is 2.50. The lowest BCUT2D eigenvalue weighted by Crippen LogP contribution is -2.10. The van der Waals surface area contributed by atoms with Gasteiger partial charge in [0.25, 0.3) is 0 Å². The summed E-state index contributed by atoms with van der Waals surface area (Å²) >= 11 is 0. The van der Waals surface area contributed by atoms with Crippen LogP contribution in [0.3, 0.4) is 0 Å². The van der Waals surface area contributed by atoms with Gasteiger partial charge < -0.3 is 0 Å². The van der Waals surface area contributed by atoms with Gasteiger partial charge >= 0.3 is 6.18 Å². The SMILES string of the molecule is CCc1ccc(CC(C)C)cc1C(F)(F)F. The van der Waals surface area contributed by atoms with Gasteiger partial charge in [0.1, 0.15) is 0 Å². The van der Waals surface area contributed by atoms with Crippen molar-refractivity contribution in [3.05, 3.63) is 34.9 Å². The molecule has 0 spiro atoms. The zero-order valence-electron chi connectivity index (χ0n) is 9.86. The maximum absolute atomic E-state index is 12.8. The number of hydrogen-bond acceptors (Lipinski definition) is 0. The predicted octanol–water partition coefficient (Wildman–Crippen LogP) is 4.47. The molecule has 1 rings (SSSR count). The van der Waals surface area contributed by atoms with Gasteiger partial charge in [0.05, 0.1) is 5.56 Å². The Morgan fingerprint density at radius 1 is 1.19 bits per heavy atom. The van der Waals surface area contributed by atoms with E-state index in [1.165, 1.54) is 6.07 Å². The number of hydrogen-bond donors (Lipinski definition) is 0. The summed E-state index contributed by atoms with van der Waals surface area (Å²) in [5, 5.41) is 0. The Labute approximate surface area is 94.5 Å². The molecule has 0 aliphatic carbocycles. The molecule has 0 aromatic heterocycles. The first-order valence-electron chi connectivity index (χ1n) is 5.53. The van der Waals surface area contributed by atoms with Crippen LogP contribution in [0.15, 0.2) is 18.2 Å². The summed E-state index contributed by atoms with van der Waals surface area (Å²) in [6.07, 6.45) is -3.14. The van der Waals surface area contributed by atoms with E-state index in [0.717, 1.165) is 5.56 Å². The highest BCUT2D eigenvalue weighted by molar-refractivity contribution is 5.34. The molecule has 0 fully saturated rings. The van der Waals surface area contributed by atoms with Crippen molar-refractivity contribution in [3.63, 3.8) is 0 Å². The van der Waals surface area contributed by atoms with Crippen molar-refractivity contribution in [3.8, 4) is 0 Å². The molecular weight excluding hydrogens is 213 g/mol. The van der Waals surface area contributed by atoms with Crippen molar-refractivity contribution in [2.45, 2.75) is 39.8 Å². The number of rotatable bonds is 3. The Bertz CT molecular complexity index is 351. The molecule has 90 valence electrons. The fourth-order valence-electron chi connectivity index (χ4n) is 1.79. The maximum atomic E-state index is 12.8. The summed E-state index contributed by atoms with van der Waals surface area (Å²) < 4.78 is 38.3. The Morgan fingerprint density at radius 3 is 2.25 bits per heavy atom. The molecule has 16 heavy (non-hydrogen) atoms. The molecule has 0 bridgehead atoms. The first-order chi connectivity index (χ1) is 7.34. The van der Waals surface area contributed by atoms with Gasteiger partial charge in [-0.2, -0.15) is 13.2 Å². The molecule has 0 amide bonds. The molecule has 0 N–H and O–H groups in total.